The van der Waals surface area contributed by atoms with Crippen molar-refractivity contribution in [3.05, 3.63) is 47.5 Å². The molecule has 160 valence electrons. The molecule has 0 bridgehead atoms. The first-order chi connectivity index (χ1) is 14.4. The summed E-state index contributed by atoms with van der Waals surface area (Å²) < 4.78 is 16.3. The summed E-state index contributed by atoms with van der Waals surface area (Å²) in [7, 11) is 3.02. The van der Waals surface area contributed by atoms with Crippen LogP contribution in [0.2, 0.25) is 0 Å². The maximum atomic E-state index is 12.9. The van der Waals surface area contributed by atoms with Gasteiger partial charge in [-0.2, -0.15) is 0 Å². The van der Waals surface area contributed by atoms with Crippen molar-refractivity contribution in [2.75, 3.05) is 32.7 Å². The molecule has 0 aromatic heterocycles. The van der Waals surface area contributed by atoms with Crippen molar-refractivity contribution in [3.8, 4) is 17.2 Å². The Hall–Kier alpha value is -3.22. The number of fused-ring (bicyclic) bond motifs is 1. The van der Waals surface area contributed by atoms with E-state index >= 15 is 0 Å². The summed E-state index contributed by atoms with van der Waals surface area (Å²) in [6.07, 6.45) is 0.922. The lowest BCUT2D eigenvalue weighted by molar-refractivity contribution is -0.133. The van der Waals surface area contributed by atoms with Gasteiger partial charge in [0, 0.05) is 24.3 Å². The van der Waals surface area contributed by atoms with Gasteiger partial charge in [-0.3, -0.25) is 9.59 Å². The third-order valence-corrected chi connectivity index (χ3v) is 5.01. The number of nitrogens with one attached hydrogen (secondary N) is 1. The van der Waals surface area contributed by atoms with Crippen LogP contribution in [0.3, 0.4) is 0 Å². The van der Waals surface area contributed by atoms with Crippen LogP contribution in [0.4, 0.5) is 5.69 Å². The van der Waals surface area contributed by atoms with Crippen LogP contribution in [0.25, 0.3) is 0 Å². The average Bonchev–Trinajstić information content (AvgIpc) is 2.89. The van der Waals surface area contributed by atoms with Gasteiger partial charge in [-0.1, -0.05) is 19.9 Å². The van der Waals surface area contributed by atoms with Crippen LogP contribution >= 0.6 is 0 Å². The molecular formula is C23H28N2O5. The predicted octanol–water partition coefficient (Wildman–Crippen LogP) is 3.72. The van der Waals surface area contributed by atoms with E-state index in [0.717, 1.165) is 12.0 Å². The quantitative estimate of drug-likeness (QED) is 0.750. The van der Waals surface area contributed by atoms with Crippen LogP contribution in [0.5, 0.6) is 17.2 Å². The molecule has 1 N–H and O–H groups in total. The van der Waals surface area contributed by atoms with Gasteiger partial charge in [0.05, 0.1) is 14.2 Å². The Morgan fingerprint density at radius 1 is 1.17 bits per heavy atom. The molecule has 2 aromatic carbocycles. The van der Waals surface area contributed by atoms with Gasteiger partial charge in [0.15, 0.2) is 6.61 Å². The zero-order chi connectivity index (χ0) is 21.7. The van der Waals surface area contributed by atoms with E-state index in [4.69, 9.17) is 14.2 Å². The molecule has 0 spiro atoms. The highest BCUT2D eigenvalue weighted by atomic mass is 16.5. The fraction of sp³-hybridized carbons (Fsp3) is 0.391. The number of carbonyl (C=O) groups excluding carboxylic acids is 2. The van der Waals surface area contributed by atoms with Crippen LogP contribution in [0.15, 0.2) is 36.4 Å². The normalized spacial score (nSPS) is 13.4. The molecule has 2 aromatic rings. The lowest BCUT2D eigenvalue weighted by atomic mass is 10.1. The maximum absolute atomic E-state index is 12.9. The Morgan fingerprint density at radius 3 is 2.50 bits per heavy atom. The third-order valence-electron chi connectivity index (χ3n) is 5.01. The Balaban J connectivity index is 1.82. The Labute approximate surface area is 176 Å². The zero-order valence-corrected chi connectivity index (χ0v) is 17.9. The third kappa shape index (κ3) is 4.84. The number of hydrogen-bond donors (Lipinski definition) is 1. The molecule has 0 aliphatic carbocycles. The number of rotatable bonds is 7. The SMILES string of the molecule is COc1cccc(OC)c1C(=O)Nc1ccc2c(c1)CN(CCC(C)C)C(=O)CO2. The highest BCUT2D eigenvalue weighted by Crippen LogP contribution is 2.31. The largest absolute Gasteiger partial charge is 0.496 e. The first-order valence-electron chi connectivity index (χ1n) is 9.98. The van der Waals surface area contributed by atoms with Gasteiger partial charge in [0.25, 0.3) is 11.8 Å². The molecule has 1 aliphatic rings. The molecule has 0 saturated heterocycles. The minimum atomic E-state index is -0.341. The van der Waals surface area contributed by atoms with E-state index in [-0.39, 0.29) is 18.4 Å². The molecule has 7 nitrogen and oxygen atoms in total. The molecule has 0 unspecified atom stereocenters. The summed E-state index contributed by atoms with van der Waals surface area (Å²) in [5.41, 5.74) is 1.78. The highest BCUT2D eigenvalue weighted by molar-refractivity contribution is 6.08. The zero-order valence-electron chi connectivity index (χ0n) is 17.9. The first-order valence-corrected chi connectivity index (χ1v) is 9.98. The van der Waals surface area contributed by atoms with Crippen molar-refractivity contribution in [1.29, 1.82) is 0 Å². The summed E-state index contributed by atoms with van der Waals surface area (Å²) >= 11 is 0. The topological polar surface area (TPSA) is 77.1 Å². The Kier molecular flexibility index (Phi) is 6.82. The van der Waals surface area contributed by atoms with E-state index in [2.05, 4.69) is 19.2 Å². The number of hydrogen-bond acceptors (Lipinski definition) is 5. The average molecular weight is 412 g/mol. The Bertz CT molecular complexity index is 904. The van der Waals surface area contributed by atoms with E-state index in [1.807, 2.05) is 6.07 Å². The summed E-state index contributed by atoms with van der Waals surface area (Å²) in [6.45, 7) is 5.41. The van der Waals surface area contributed by atoms with E-state index < -0.39 is 0 Å². The van der Waals surface area contributed by atoms with Crippen LogP contribution < -0.4 is 19.5 Å². The second-order valence-electron chi connectivity index (χ2n) is 7.60. The van der Waals surface area contributed by atoms with Crippen LogP contribution in [0.1, 0.15) is 36.2 Å². The van der Waals surface area contributed by atoms with Crippen LogP contribution in [-0.2, 0) is 11.3 Å². The van der Waals surface area contributed by atoms with Gasteiger partial charge in [0.1, 0.15) is 22.8 Å². The van der Waals surface area contributed by atoms with Crippen molar-refractivity contribution in [1.82, 2.24) is 4.90 Å². The predicted molar refractivity (Wildman–Crippen MR) is 114 cm³/mol. The standard InChI is InChI=1S/C23H28N2O5/c1-15(2)10-11-25-13-16-12-17(8-9-18(16)30-14-21(25)26)24-23(27)22-19(28-3)6-5-7-20(22)29-4/h5-9,12,15H,10-11,13-14H2,1-4H3,(H,24,27). The second-order valence-corrected chi connectivity index (χ2v) is 7.60. The lowest BCUT2D eigenvalue weighted by Gasteiger charge is -2.21. The Morgan fingerprint density at radius 2 is 1.87 bits per heavy atom. The number of nitrogens with zero attached hydrogens (tertiary/aromatic N) is 1. The molecule has 0 saturated carbocycles. The van der Waals surface area contributed by atoms with Gasteiger partial charge in [-0.25, -0.2) is 0 Å². The molecule has 1 aliphatic heterocycles. The number of ether oxygens (including phenoxy) is 3. The van der Waals surface area contributed by atoms with E-state index in [9.17, 15) is 9.59 Å². The van der Waals surface area contributed by atoms with Crippen molar-refractivity contribution in [2.24, 2.45) is 5.92 Å². The van der Waals surface area contributed by atoms with Crippen LogP contribution in [0, 0.1) is 5.92 Å². The summed E-state index contributed by atoms with van der Waals surface area (Å²) in [5, 5.41) is 2.90. The van der Waals surface area contributed by atoms with Gasteiger partial charge in [0.2, 0.25) is 0 Å². The fourth-order valence-electron chi connectivity index (χ4n) is 3.33. The summed E-state index contributed by atoms with van der Waals surface area (Å²) in [4.78, 5) is 27.1. The minimum Gasteiger partial charge on any atom is -0.496 e. The summed E-state index contributed by atoms with van der Waals surface area (Å²) in [5.74, 6) is 1.64. The van der Waals surface area contributed by atoms with Crippen LogP contribution in [-0.4, -0.2) is 44.1 Å². The number of benzene rings is 2. The highest BCUT2D eigenvalue weighted by Gasteiger charge is 2.23. The van der Waals surface area contributed by atoms with Gasteiger partial charge in [-0.05, 0) is 42.7 Å². The van der Waals surface area contributed by atoms with Crippen molar-refractivity contribution in [2.45, 2.75) is 26.8 Å². The molecule has 0 radical (unpaired) electrons. The second kappa shape index (κ2) is 9.52. The number of amides is 2. The molecule has 1 heterocycles. The number of carbonyl (C=O) groups is 2. The molecule has 0 atom stereocenters. The number of anilines is 1. The van der Waals surface area contributed by atoms with Gasteiger partial charge < -0.3 is 24.4 Å². The molecule has 7 heteroatoms. The molecule has 2 amide bonds. The van der Waals surface area contributed by atoms with Crippen molar-refractivity contribution < 1.29 is 23.8 Å². The lowest BCUT2D eigenvalue weighted by Crippen LogP contribution is -2.33. The fourth-order valence-corrected chi connectivity index (χ4v) is 3.33. The number of methoxy groups -OCH3 is 2. The van der Waals surface area contributed by atoms with E-state index in [0.29, 0.717) is 47.5 Å². The van der Waals surface area contributed by atoms with Crippen molar-refractivity contribution in [3.63, 3.8) is 0 Å². The summed E-state index contributed by atoms with van der Waals surface area (Å²) in [6, 6.07) is 10.6. The van der Waals surface area contributed by atoms with E-state index in [1.54, 1.807) is 35.2 Å². The van der Waals surface area contributed by atoms with E-state index in [1.165, 1.54) is 14.2 Å². The first kappa shape index (κ1) is 21.5. The molecule has 30 heavy (non-hydrogen) atoms. The molecule has 3 rings (SSSR count). The van der Waals surface area contributed by atoms with Gasteiger partial charge in [-0.15, -0.1) is 0 Å². The maximum Gasteiger partial charge on any atom is 0.263 e. The minimum absolute atomic E-state index is 0.0230. The molecular weight excluding hydrogens is 384 g/mol. The molecule has 0 fully saturated rings. The monoisotopic (exact) mass is 412 g/mol. The van der Waals surface area contributed by atoms with Crippen molar-refractivity contribution >= 4 is 17.5 Å². The smallest absolute Gasteiger partial charge is 0.263 e. The van der Waals surface area contributed by atoms with Gasteiger partial charge >= 0.3 is 0 Å².